The SMILES string of the molecule is CSCCC(NC(=O)C(CCSC)NC(=O)C(NC(=O)C(N)Cc1ccc(O)cc1)C(C)O)C(=O)O. The van der Waals surface area contributed by atoms with Gasteiger partial charge in [0.2, 0.25) is 17.7 Å². The summed E-state index contributed by atoms with van der Waals surface area (Å²) in [7, 11) is 0. The Morgan fingerprint density at radius 3 is 1.92 bits per heavy atom. The van der Waals surface area contributed by atoms with Crippen molar-refractivity contribution >= 4 is 47.2 Å². The first-order valence-corrected chi connectivity index (χ1v) is 14.1. The number of aliphatic hydroxyl groups excluding tert-OH is 1. The lowest BCUT2D eigenvalue weighted by atomic mass is 10.0. The van der Waals surface area contributed by atoms with E-state index in [-0.39, 0.29) is 25.0 Å². The molecule has 11 nitrogen and oxygen atoms in total. The van der Waals surface area contributed by atoms with Crippen molar-refractivity contribution in [3.05, 3.63) is 29.8 Å². The second-order valence-corrected chi connectivity index (χ2v) is 10.2. The molecular weight excluding hydrogens is 508 g/mol. The molecule has 0 aliphatic rings. The van der Waals surface area contributed by atoms with Crippen molar-refractivity contribution in [3.8, 4) is 5.75 Å². The van der Waals surface area contributed by atoms with E-state index >= 15 is 0 Å². The molecule has 0 radical (unpaired) electrons. The minimum absolute atomic E-state index is 0.0709. The third-order valence-corrected chi connectivity index (χ3v) is 6.55. The van der Waals surface area contributed by atoms with Crippen molar-refractivity contribution in [3.63, 3.8) is 0 Å². The van der Waals surface area contributed by atoms with Gasteiger partial charge in [-0.15, -0.1) is 0 Å². The first-order valence-electron chi connectivity index (χ1n) is 11.3. The third-order valence-electron chi connectivity index (χ3n) is 5.26. The fraction of sp³-hybridized carbons (Fsp3) is 0.565. The number of hydrogen-bond donors (Lipinski definition) is 7. The lowest BCUT2D eigenvalue weighted by molar-refractivity contribution is -0.142. The van der Waals surface area contributed by atoms with Gasteiger partial charge < -0.3 is 37.0 Å². The van der Waals surface area contributed by atoms with Gasteiger partial charge in [-0.2, -0.15) is 23.5 Å². The number of hydrogen-bond acceptors (Lipinski definition) is 9. The lowest BCUT2D eigenvalue weighted by Gasteiger charge is -2.26. The fourth-order valence-corrected chi connectivity index (χ4v) is 4.12. The summed E-state index contributed by atoms with van der Waals surface area (Å²) < 4.78 is 0. The van der Waals surface area contributed by atoms with Crippen molar-refractivity contribution < 1.29 is 34.5 Å². The van der Waals surface area contributed by atoms with Gasteiger partial charge in [0.15, 0.2) is 0 Å². The topological polar surface area (TPSA) is 191 Å². The maximum absolute atomic E-state index is 12.9. The minimum Gasteiger partial charge on any atom is -0.508 e. The molecule has 0 aliphatic carbocycles. The highest BCUT2D eigenvalue weighted by Crippen LogP contribution is 2.11. The van der Waals surface area contributed by atoms with Crippen LogP contribution in [-0.2, 0) is 25.6 Å². The second kappa shape index (κ2) is 16.3. The monoisotopic (exact) mass is 544 g/mol. The van der Waals surface area contributed by atoms with Crippen LogP contribution < -0.4 is 21.7 Å². The highest BCUT2D eigenvalue weighted by molar-refractivity contribution is 7.98. The van der Waals surface area contributed by atoms with Crippen molar-refractivity contribution in [2.45, 2.75) is 56.5 Å². The van der Waals surface area contributed by atoms with Crippen LogP contribution in [0.2, 0.25) is 0 Å². The molecule has 8 N–H and O–H groups in total. The van der Waals surface area contributed by atoms with Crippen LogP contribution in [0.4, 0.5) is 0 Å². The average Bonchev–Trinajstić information content (AvgIpc) is 2.83. The number of carboxylic acid groups (broad SMARTS) is 1. The van der Waals surface area contributed by atoms with Gasteiger partial charge in [0, 0.05) is 0 Å². The molecule has 5 atom stereocenters. The Labute approximate surface area is 219 Å². The summed E-state index contributed by atoms with van der Waals surface area (Å²) in [6.07, 6.45) is 2.91. The summed E-state index contributed by atoms with van der Waals surface area (Å²) in [5.41, 5.74) is 6.65. The standard InChI is InChI=1S/C23H36N4O7S2/c1-13(28)19(27-20(30)16(24)12-14-4-6-15(29)7-5-14)22(32)25-17(8-10-35-2)21(31)26-18(23(33)34)9-11-36-3/h4-7,13,16-19,28-29H,8-12,24H2,1-3H3,(H,25,32)(H,26,31)(H,27,30)(H,33,34). The first-order chi connectivity index (χ1) is 17.0. The van der Waals surface area contributed by atoms with E-state index < -0.39 is 54.0 Å². The molecule has 0 aromatic heterocycles. The number of carbonyl (C=O) groups excluding carboxylic acids is 3. The predicted molar refractivity (Wildman–Crippen MR) is 141 cm³/mol. The zero-order valence-electron chi connectivity index (χ0n) is 20.6. The van der Waals surface area contributed by atoms with Crippen molar-refractivity contribution in [1.82, 2.24) is 16.0 Å². The Kier molecular flexibility index (Phi) is 14.3. The first kappa shape index (κ1) is 31.5. The number of phenolic OH excluding ortho intramolecular Hbond substituents is 1. The maximum Gasteiger partial charge on any atom is 0.326 e. The summed E-state index contributed by atoms with van der Waals surface area (Å²) in [6.45, 7) is 1.32. The number of carbonyl (C=O) groups is 4. The molecule has 0 saturated heterocycles. The largest absolute Gasteiger partial charge is 0.508 e. The van der Waals surface area contributed by atoms with Crippen molar-refractivity contribution in [2.24, 2.45) is 5.73 Å². The van der Waals surface area contributed by atoms with Gasteiger partial charge in [0.1, 0.15) is 23.9 Å². The normalized spacial score (nSPS) is 15.1. The maximum atomic E-state index is 12.9. The molecule has 0 saturated carbocycles. The number of thioether (sulfide) groups is 2. The fourth-order valence-electron chi connectivity index (χ4n) is 3.18. The predicted octanol–water partition coefficient (Wildman–Crippen LogP) is -0.312. The van der Waals surface area contributed by atoms with Gasteiger partial charge in [0.25, 0.3) is 0 Å². The van der Waals surface area contributed by atoms with E-state index in [1.54, 1.807) is 12.1 Å². The van der Waals surface area contributed by atoms with Crippen molar-refractivity contribution in [1.29, 1.82) is 0 Å². The molecule has 202 valence electrons. The van der Waals surface area contributed by atoms with Gasteiger partial charge in [-0.25, -0.2) is 4.79 Å². The number of aliphatic carboxylic acids is 1. The Balaban J connectivity index is 2.88. The molecule has 0 fully saturated rings. The van der Waals surface area contributed by atoms with E-state index in [4.69, 9.17) is 5.73 Å². The molecular formula is C23H36N4O7S2. The van der Waals surface area contributed by atoms with E-state index in [0.29, 0.717) is 17.1 Å². The number of benzene rings is 1. The number of carboxylic acids is 1. The highest BCUT2D eigenvalue weighted by Gasteiger charge is 2.32. The zero-order chi connectivity index (χ0) is 27.3. The van der Waals surface area contributed by atoms with Crippen LogP contribution in [0.5, 0.6) is 5.75 Å². The number of aliphatic hydroxyl groups is 1. The zero-order valence-corrected chi connectivity index (χ0v) is 22.2. The Bertz CT molecular complexity index is 871. The van der Waals surface area contributed by atoms with Crippen LogP contribution in [-0.4, -0.2) is 93.3 Å². The molecule has 0 bridgehead atoms. The van der Waals surface area contributed by atoms with Gasteiger partial charge in [-0.05, 0) is 67.9 Å². The lowest BCUT2D eigenvalue weighted by Crippen LogP contribution is -2.60. The van der Waals surface area contributed by atoms with E-state index in [9.17, 15) is 34.5 Å². The molecule has 3 amide bonds. The summed E-state index contributed by atoms with van der Waals surface area (Å²) in [5, 5.41) is 36.3. The van der Waals surface area contributed by atoms with Gasteiger partial charge >= 0.3 is 5.97 Å². The molecule has 13 heteroatoms. The summed E-state index contributed by atoms with van der Waals surface area (Å²) >= 11 is 2.89. The average molecular weight is 545 g/mol. The Hall–Kier alpha value is -2.48. The molecule has 1 aromatic carbocycles. The molecule has 36 heavy (non-hydrogen) atoms. The smallest absolute Gasteiger partial charge is 0.326 e. The number of nitrogens with two attached hydrogens (primary N) is 1. The van der Waals surface area contributed by atoms with Crippen LogP contribution in [0.1, 0.15) is 25.3 Å². The molecule has 5 unspecified atom stereocenters. The van der Waals surface area contributed by atoms with E-state index in [1.807, 2.05) is 12.5 Å². The van der Waals surface area contributed by atoms with E-state index in [1.165, 1.54) is 42.6 Å². The minimum atomic E-state index is -1.39. The van der Waals surface area contributed by atoms with Crippen LogP contribution in [0, 0.1) is 0 Å². The van der Waals surface area contributed by atoms with E-state index in [2.05, 4.69) is 16.0 Å². The van der Waals surface area contributed by atoms with Gasteiger partial charge in [0.05, 0.1) is 12.1 Å². The quantitative estimate of drug-likeness (QED) is 0.145. The third kappa shape index (κ3) is 11.1. The number of amides is 3. The summed E-state index contributed by atoms with van der Waals surface area (Å²) in [4.78, 5) is 49.9. The summed E-state index contributed by atoms with van der Waals surface area (Å²) in [5.74, 6) is -2.22. The number of rotatable bonds is 16. The van der Waals surface area contributed by atoms with Gasteiger partial charge in [-0.3, -0.25) is 14.4 Å². The number of nitrogens with one attached hydrogen (secondary N) is 3. The molecule has 0 aliphatic heterocycles. The molecule has 1 rings (SSSR count). The molecule has 1 aromatic rings. The Morgan fingerprint density at radius 2 is 1.42 bits per heavy atom. The number of phenols is 1. The van der Waals surface area contributed by atoms with Crippen LogP contribution in [0.15, 0.2) is 24.3 Å². The highest BCUT2D eigenvalue weighted by atomic mass is 32.2. The molecule has 0 heterocycles. The van der Waals surface area contributed by atoms with Gasteiger partial charge in [-0.1, -0.05) is 12.1 Å². The van der Waals surface area contributed by atoms with Crippen LogP contribution in [0.25, 0.3) is 0 Å². The van der Waals surface area contributed by atoms with E-state index in [0.717, 1.165) is 0 Å². The number of aromatic hydroxyl groups is 1. The second-order valence-electron chi connectivity index (χ2n) is 8.23. The van der Waals surface area contributed by atoms with Crippen LogP contribution in [0.3, 0.4) is 0 Å². The molecule has 0 spiro atoms. The van der Waals surface area contributed by atoms with Crippen molar-refractivity contribution in [2.75, 3.05) is 24.0 Å². The Morgan fingerprint density at radius 1 is 0.889 bits per heavy atom. The van der Waals surface area contributed by atoms with Crippen LogP contribution >= 0.6 is 23.5 Å². The summed E-state index contributed by atoms with van der Waals surface area (Å²) in [6, 6.07) is 1.55.